The zero-order valence-corrected chi connectivity index (χ0v) is 42.9. The van der Waals surface area contributed by atoms with Crippen LogP contribution < -0.4 is 20.4 Å². The van der Waals surface area contributed by atoms with Crippen molar-refractivity contribution < 1.29 is 38.2 Å². The summed E-state index contributed by atoms with van der Waals surface area (Å²) in [6.45, 7) is 12.3. The van der Waals surface area contributed by atoms with E-state index in [2.05, 4.69) is 30.8 Å². The lowest BCUT2D eigenvalue weighted by Gasteiger charge is -2.39. The van der Waals surface area contributed by atoms with Crippen LogP contribution >= 0.6 is 0 Å². The Bertz CT molecular complexity index is 3160. The van der Waals surface area contributed by atoms with Crippen molar-refractivity contribution in [3.8, 4) is 0 Å². The minimum absolute atomic E-state index is 0.0220. The molecule has 6 aromatic rings. The Balaban J connectivity index is 0.681. The Morgan fingerprint density at radius 2 is 1.07 bits per heavy atom. The van der Waals surface area contributed by atoms with E-state index in [0.717, 1.165) is 28.1 Å². The van der Waals surface area contributed by atoms with Crippen LogP contribution in [0, 0.1) is 0 Å². The molecule has 0 radical (unpaired) electrons. The van der Waals surface area contributed by atoms with Crippen LogP contribution in [0.3, 0.4) is 0 Å². The first-order valence-electron chi connectivity index (χ1n) is 25.0. The zero-order chi connectivity index (χ0) is 52.9. The highest BCUT2D eigenvalue weighted by Gasteiger charge is 2.41. The molecule has 4 aliphatic rings. The third-order valence-electron chi connectivity index (χ3n) is 13.9. The second kappa shape index (κ2) is 19.8. The predicted octanol–water partition coefficient (Wildman–Crippen LogP) is 3.49. The Morgan fingerprint density at radius 3 is 1.56 bits per heavy atom. The molecule has 10 rings (SSSR count). The SMILES string of the molecule is CN1C(=O)[C@@H](NC(=O)c2ncn(Cc3cccc(C(C)(C)OC(=O)N4CC(c5cc6n(n5)CC[C@@H](NC(=O)c5ncn(Cc7ccccc7)n5)C(=O)N6C)C4)c3)n2)CCn2nc(C3CN(C(=O)OC(C)(C)C)C3)cc21. The van der Waals surface area contributed by atoms with E-state index in [9.17, 15) is 28.8 Å². The monoisotopic (exact) mass is 1020 g/mol. The van der Waals surface area contributed by atoms with Gasteiger partial charge in [-0.05, 0) is 70.2 Å². The van der Waals surface area contributed by atoms with Crippen molar-refractivity contribution in [1.82, 2.24) is 69.5 Å². The predicted molar refractivity (Wildman–Crippen MR) is 269 cm³/mol. The Labute approximate surface area is 431 Å². The first-order valence-corrected chi connectivity index (χ1v) is 25.0. The quantitative estimate of drug-likeness (QED) is 0.178. The molecule has 2 saturated heterocycles. The van der Waals surface area contributed by atoms with Crippen LogP contribution in [0.5, 0.6) is 0 Å². The van der Waals surface area contributed by atoms with Gasteiger partial charge in [-0.15, -0.1) is 10.2 Å². The fourth-order valence-corrected chi connectivity index (χ4v) is 9.53. The van der Waals surface area contributed by atoms with E-state index in [1.165, 1.54) is 27.1 Å². The standard InChI is InChI=1S/C51H60N16O8/c1-50(2,3)74-48(72)62-25-33(26-62)38-21-40-60(6)47(71)37(17-18-66(40)56-38)55-45(69)43-53-30-65(59-43)24-32-14-11-15-35(20-32)51(4,5)75-49(73)63-27-34(28-63)39-22-41-61(7)46(70)36(16-19-67(41)57-39)54-44(68)42-52-29-64(58-42)23-31-12-9-8-10-13-31/h8-15,20-22,29-30,33-34,36-37H,16-19,23-28H2,1-7H3,(H,54,68)(H,55,69)/t36-,37+/m1/s1. The lowest BCUT2D eigenvalue weighted by molar-refractivity contribution is -0.120. The maximum absolute atomic E-state index is 13.6. The zero-order valence-electron chi connectivity index (χ0n) is 42.9. The highest BCUT2D eigenvalue weighted by atomic mass is 16.6. The van der Waals surface area contributed by atoms with Gasteiger partial charge in [0.15, 0.2) is 0 Å². The van der Waals surface area contributed by atoms with Crippen LogP contribution in [0.1, 0.15) is 109 Å². The third-order valence-corrected chi connectivity index (χ3v) is 13.9. The fraction of sp³-hybridized carbons (Fsp3) is 0.451. The number of likely N-dealkylation sites (tertiary alicyclic amines) is 2. The number of nitrogens with one attached hydrogen (secondary N) is 2. The number of fused-ring (bicyclic) bond motifs is 2. The molecule has 2 N–H and O–H groups in total. The third kappa shape index (κ3) is 10.7. The van der Waals surface area contributed by atoms with Gasteiger partial charge in [-0.3, -0.25) is 29.0 Å². The van der Waals surface area contributed by atoms with Crippen molar-refractivity contribution >= 4 is 47.5 Å². The van der Waals surface area contributed by atoms with E-state index >= 15 is 0 Å². The molecular weight excluding hydrogens is 965 g/mol. The summed E-state index contributed by atoms with van der Waals surface area (Å²) in [5.41, 5.74) is 2.52. The number of amides is 6. The minimum atomic E-state index is -1.01. The number of anilines is 2. The largest absolute Gasteiger partial charge is 0.444 e. The highest BCUT2D eigenvalue weighted by Crippen LogP contribution is 2.35. The molecule has 0 bridgehead atoms. The molecule has 2 fully saturated rings. The highest BCUT2D eigenvalue weighted by molar-refractivity contribution is 6.01. The smallest absolute Gasteiger partial charge is 0.410 e. The summed E-state index contributed by atoms with van der Waals surface area (Å²) >= 11 is 0. The molecule has 75 heavy (non-hydrogen) atoms. The molecule has 0 saturated carbocycles. The molecular formula is C51H60N16O8. The van der Waals surface area contributed by atoms with Gasteiger partial charge in [-0.1, -0.05) is 48.5 Å². The number of rotatable bonds is 12. The first-order chi connectivity index (χ1) is 35.7. The molecule has 24 nitrogen and oxygen atoms in total. The molecule has 0 spiro atoms. The molecule has 8 heterocycles. The number of aromatic nitrogens is 10. The fourth-order valence-electron chi connectivity index (χ4n) is 9.53. The van der Waals surface area contributed by atoms with Crippen molar-refractivity contribution in [3.63, 3.8) is 0 Å². The summed E-state index contributed by atoms with van der Waals surface area (Å²) in [5.74, 6) is -0.684. The summed E-state index contributed by atoms with van der Waals surface area (Å²) < 4.78 is 18.2. The van der Waals surface area contributed by atoms with Crippen molar-refractivity contribution in [2.24, 2.45) is 0 Å². The number of aryl methyl sites for hydroxylation is 2. The first kappa shape index (κ1) is 50.1. The van der Waals surface area contributed by atoms with Gasteiger partial charge in [-0.25, -0.2) is 38.3 Å². The molecule has 2 atom stereocenters. The van der Waals surface area contributed by atoms with Crippen molar-refractivity contribution in [1.29, 1.82) is 0 Å². The number of hydrogen-bond acceptors (Lipinski definition) is 14. The Kier molecular flexibility index (Phi) is 13.2. The van der Waals surface area contributed by atoms with Crippen LogP contribution in [0.2, 0.25) is 0 Å². The van der Waals surface area contributed by atoms with Crippen molar-refractivity contribution in [2.75, 3.05) is 50.1 Å². The van der Waals surface area contributed by atoms with Crippen LogP contribution in [-0.4, -0.2) is 153 Å². The van der Waals surface area contributed by atoms with E-state index in [1.54, 1.807) is 37.9 Å². The van der Waals surface area contributed by atoms with Gasteiger partial charge in [0, 0.05) is 77.3 Å². The molecule has 6 amide bonds. The molecule has 24 heteroatoms. The molecule has 392 valence electrons. The van der Waals surface area contributed by atoms with E-state index in [-0.39, 0.29) is 47.9 Å². The molecule has 0 aliphatic carbocycles. The van der Waals surface area contributed by atoms with Crippen molar-refractivity contribution in [3.05, 3.63) is 119 Å². The van der Waals surface area contributed by atoms with E-state index in [4.69, 9.17) is 19.7 Å². The number of hydrogen-bond donors (Lipinski definition) is 2. The molecule has 2 aromatic carbocycles. The second-order valence-corrected chi connectivity index (χ2v) is 21.0. The maximum atomic E-state index is 13.6. The number of benzene rings is 2. The van der Waals surface area contributed by atoms with Gasteiger partial charge < -0.3 is 29.9 Å². The van der Waals surface area contributed by atoms with Crippen LogP contribution in [0.25, 0.3) is 0 Å². The van der Waals surface area contributed by atoms with Gasteiger partial charge >= 0.3 is 12.2 Å². The number of nitrogens with zero attached hydrogens (tertiary/aromatic N) is 14. The topological polar surface area (TPSA) is 255 Å². The number of carbonyl (C=O) groups excluding carboxylic acids is 6. The normalized spacial score (nSPS) is 18.3. The van der Waals surface area contributed by atoms with Crippen molar-refractivity contribution in [2.45, 2.75) is 109 Å². The Morgan fingerprint density at radius 1 is 0.600 bits per heavy atom. The van der Waals surface area contributed by atoms with E-state index in [0.29, 0.717) is 70.3 Å². The average Bonchev–Trinajstić information content (AvgIpc) is 4.15. The van der Waals surface area contributed by atoms with Crippen LogP contribution in [0.4, 0.5) is 21.2 Å². The van der Waals surface area contributed by atoms with Crippen LogP contribution in [-0.2, 0) is 50.8 Å². The van der Waals surface area contributed by atoms with Gasteiger partial charge in [-0.2, -0.15) is 10.2 Å². The molecule has 0 unspecified atom stereocenters. The molecule has 4 aliphatic heterocycles. The van der Waals surface area contributed by atoms with E-state index < -0.39 is 41.2 Å². The van der Waals surface area contributed by atoms with Gasteiger partial charge in [0.2, 0.25) is 11.6 Å². The molecule has 4 aromatic heterocycles. The maximum Gasteiger partial charge on any atom is 0.410 e. The second-order valence-electron chi connectivity index (χ2n) is 21.0. The van der Waals surface area contributed by atoms with Gasteiger partial charge in [0.1, 0.15) is 47.6 Å². The number of likely N-dealkylation sites (N-methyl/N-ethyl adjacent to an activating group) is 2. The number of carbonyl (C=O) groups is 6. The lowest BCUT2D eigenvalue weighted by Crippen LogP contribution is -2.50. The van der Waals surface area contributed by atoms with Crippen LogP contribution in [0.15, 0.2) is 79.4 Å². The summed E-state index contributed by atoms with van der Waals surface area (Å²) in [5, 5.41) is 23.9. The average molecular weight is 1030 g/mol. The summed E-state index contributed by atoms with van der Waals surface area (Å²) in [6.07, 6.45) is 2.71. The lowest BCUT2D eigenvalue weighted by atomic mass is 9.95. The number of ether oxygens (including phenoxy) is 2. The van der Waals surface area contributed by atoms with E-state index in [1.807, 2.05) is 101 Å². The Hall–Kier alpha value is -8.44. The summed E-state index contributed by atoms with van der Waals surface area (Å²) in [4.78, 5) is 94.3. The van der Waals surface area contributed by atoms with Gasteiger partial charge in [0.05, 0.1) is 24.5 Å². The summed E-state index contributed by atoms with van der Waals surface area (Å²) in [6, 6.07) is 19.3. The van der Waals surface area contributed by atoms with Gasteiger partial charge in [0.25, 0.3) is 23.6 Å². The minimum Gasteiger partial charge on any atom is -0.444 e. The summed E-state index contributed by atoms with van der Waals surface area (Å²) in [7, 11) is 3.30.